The molecule has 2 amide bonds. The fraction of sp³-hybridized carbons (Fsp3) is 0.125. The van der Waals surface area contributed by atoms with Crippen LogP contribution in [0.1, 0.15) is 15.2 Å². The molecule has 11 heteroatoms. The lowest BCUT2D eigenvalue weighted by Crippen LogP contribution is -2.24. The van der Waals surface area contributed by atoms with Gasteiger partial charge in [0.2, 0.25) is 5.12 Å². The number of carbonyl (C=O) groups excluding carboxylic acids is 2. The standard InChI is InChI=1S/C24H20FN3O5S2/c1-13-7-9-34-22(13)23(29)35-28-24(30)27-17-5-4-14(10-16(17)25)33-19-6-8-26-18-12-21(32-3)20(31-2)11-15(18)19/h4-12H,1-3H3,(H2,27,28,30). The molecule has 0 fully saturated rings. The topological polar surface area (TPSA) is 98.8 Å². The number of fused-ring (bicyclic) bond motifs is 1. The summed E-state index contributed by atoms with van der Waals surface area (Å²) in [7, 11) is 3.05. The maximum atomic E-state index is 14.7. The van der Waals surface area contributed by atoms with Crippen LogP contribution in [0.25, 0.3) is 10.9 Å². The van der Waals surface area contributed by atoms with Crippen LogP contribution in [-0.2, 0) is 0 Å². The molecule has 0 atom stereocenters. The number of hydrogen-bond donors (Lipinski definition) is 2. The Morgan fingerprint density at radius 2 is 1.80 bits per heavy atom. The predicted molar refractivity (Wildman–Crippen MR) is 134 cm³/mol. The van der Waals surface area contributed by atoms with Crippen molar-refractivity contribution in [3.63, 3.8) is 0 Å². The molecule has 4 rings (SSSR count). The number of pyridine rings is 1. The molecule has 0 spiro atoms. The van der Waals surface area contributed by atoms with Gasteiger partial charge in [-0.1, -0.05) is 0 Å². The average molecular weight is 514 g/mol. The summed E-state index contributed by atoms with van der Waals surface area (Å²) in [5.74, 6) is 0.969. The van der Waals surface area contributed by atoms with Crippen molar-refractivity contribution in [2.24, 2.45) is 0 Å². The van der Waals surface area contributed by atoms with Crippen LogP contribution in [0, 0.1) is 12.7 Å². The first-order valence-electron chi connectivity index (χ1n) is 10.2. The first-order chi connectivity index (χ1) is 16.9. The van der Waals surface area contributed by atoms with Crippen LogP contribution in [0.2, 0.25) is 0 Å². The number of ether oxygens (including phenoxy) is 3. The van der Waals surface area contributed by atoms with Crippen LogP contribution < -0.4 is 24.2 Å². The smallest absolute Gasteiger partial charge is 0.329 e. The zero-order valence-electron chi connectivity index (χ0n) is 18.9. The highest BCUT2D eigenvalue weighted by Crippen LogP contribution is 2.37. The molecule has 4 aromatic rings. The number of carbonyl (C=O) groups is 2. The zero-order valence-corrected chi connectivity index (χ0v) is 20.5. The molecule has 0 saturated heterocycles. The minimum absolute atomic E-state index is 0.0683. The summed E-state index contributed by atoms with van der Waals surface area (Å²) in [6.45, 7) is 1.81. The fourth-order valence-corrected chi connectivity index (χ4v) is 4.71. The molecule has 0 aliphatic carbocycles. The minimum atomic E-state index is -0.730. The highest BCUT2D eigenvalue weighted by atomic mass is 32.2. The van der Waals surface area contributed by atoms with E-state index >= 15 is 0 Å². The Balaban J connectivity index is 1.45. The normalized spacial score (nSPS) is 10.6. The first kappa shape index (κ1) is 24.3. The van der Waals surface area contributed by atoms with E-state index in [9.17, 15) is 14.0 Å². The Labute approximate surface area is 208 Å². The number of amides is 2. The van der Waals surface area contributed by atoms with Crippen molar-refractivity contribution in [3.05, 3.63) is 70.3 Å². The van der Waals surface area contributed by atoms with Crippen LogP contribution in [0.5, 0.6) is 23.0 Å². The number of urea groups is 1. The van der Waals surface area contributed by atoms with Crippen LogP contribution >= 0.6 is 23.3 Å². The molecule has 2 N–H and O–H groups in total. The highest BCUT2D eigenvalue weighted by Gasteiger charge is 2.15. The van der Waals surface area contributed by atoms with E-state index in [1.807, 2.05) is 13.0 Å². The Hall–Kier alpha value is -3.83. The third-order valence-electron chi connectivity index (χ3n) is 4.91. The summed E-state index contributed by atoms with van der Waals surface area (Å²) in [5.41, 5.74) is 1.37. The fourth-order valence-electron chi connectivity index (χ4n) is 3.19. The van der Waals surface area contributed by atoms with Crippen LogP contribution in [0.3, 0.4) is 0 Å². The lowest BCUT2D eigenvalue weighted by atomic mass is 10.2. The molecule has 180 valence electrons. The van der Waals surface area contributed by atoms with E-state index in [1.54, 1.807) is 29.8 Å². The van der Waals surface area contributed by atoms with E-state index in [-0.39, 0.29) is 16.6 Å². The molecule has 2 aromatic carbocycles. The van der Waals surface area contributed by atoms with Gasteiger partial charge in [-0.05, 0) is 48.2 Å². The third-order valence-corrected chi connectivity index (χ3v) is 6.73. The van der Waals surface area contributed by atoms with Crippen molar-refractivity contribution in [1.82, 2.24) is 9.71 Å². The second-order valence-corrected chi connectivity index (χ2v) is 8.85. The third kappa shape index (κ3) is 5.47. The second kappa shape index (κ2) is 10.6. The van der Waals surface area contributed by atoms with E-state index in [0.29, 0.717) is 45.0 Å². The van der Waals surface area contributed by atoms with Crippen LogP contribution in [0.4, 0.5) is 14.9 Å². The molecule has 0 aliphatic heterocycles. The monoisotopic (exact) mass is 513 g/mol. The molecule has 0 unspecified atom stereocenters. The highest BCUT2D eigenvalue weighted by molar-refractivity contribution is 8.13. The molecule has 2 aromatic heterocycles. The molecule has 0 bridgehead atoms. The lowest BCUT2D eigenvalue weighted by molar-refractivity contribution is 0.109. The molecular formula is C24H20FN3O5S2. The SMILES string of the molecule is COc1cc2nccc(Oc3ccc(NC(=O)NSC(=O)c4sccc4C)c(F)c3)c2cc1OC. The maximum Gasteiger partial charge on any atom is 0.329 e. The Kier molecular flexibility index (Phi) is 7.37. The summed E-state index contributed by atoms with van der Waals surface area (Å²) in [6.07, 6.45) is 1.57. The molecule has 0 saturated carbocycles. The molecule has 2 heterocycles. The Morgan fingerprint density at radius 3 is 2.49 bits per heavy atom. The summed E-state index contributed by atoms with van der Waals surface area (Å²) in [5, 5.41) is 4.53. The molecule has 8 nitrogen and oxygen atoms in total. The van der Waals surface area contributed by atoms with Gasteiger partial charge in [0.05, 0.1) is 30.3 Å². The van der Waals surface area contributed by atoms with Gasteiger partial charge in [-0.15, -0.1) is 11.3 Å². The summed E-state index contributed by atoms with van der Waals surface area (Å²) in [4.78, 5) is 29.2. The van der Waals surface area contributed by atoms with Gasteiger partial charge in [-0.2, -0.15) is 0 Å². The number of aromatic nitrogens is 1. The number of aryl methyl sites for hydroxylation is 1. The van der Waals surface area contributed by atoms with Gasteiger partial charge in [-0.3, -0.25) is 14.5 Å². The van der Waals surface area contributed by atoms with Gasteiger partial charge < -0.3 is 19.5 Å². The van der Waals surface area contributed by atoms with Gasteiger partial charge in [-0.25, -0.2) is 9.18 Å². The number of rotatable bonds is 6. The Bertz CT molecular complexity index is 1410. The predicted octanol–water partition coefficient (Wildman–Crippen LogP) is 6.16. The number of benzene rings is 2. The summed E-state index contributed by atoms with van der Waals surface area (Å²) >= 11 is 1.92. The van der Waals surface area contributed by atoms with Crippen molar-refractivity contribution in [1.29, 1.82) is 0 Å². The van der Waals surface area contributed by atoms with E-state index < -0.39 is 11.8 Å². The lowest BCUT2D eigenvalue weighted by Gasteiger charge is -2.13. The molecule has 0 radical (unpaired) electrons. The number of halogens is 1. The van der Waals surface area contributed by atoms with Gasteiger partial charge in [0.25, 0.3) is 0 Å². The van der Waals surface area contributed by atoms with Crippen molar-refractivity contribution in [3.8, 4) is 23.0 Å². The van der Waals surface area contributed by atoms with Crippen LogP contribution in [0.15, 0.2) is 54.0 Å². The molecule has 0 aliphatic rings. The Morgan fingerprint density at radius 1 is 1.03 bits per heavy atom. The van der Waals surface area contributed by atoms with Crippen molar-refractivity contribution in [2.75, 3.05) is 19.5 Å². The van der Waals surface area contributed by atoms with Gasteiger partial charge in [0.15, 0.2) is 11.5 Å². The number of methoxy groups -OCH3 is 2. The summed E-state index contributed by atoms with van der Waals surface area (Å²) < 4.78 is 33.6. The zero-order chi connectivity index (χ0) is 24.9. The quantitative estimate of drug-likeness (QED) is 0.298. The second-order valence-electron chi connectivity index (χ2n) is 7.16. The minimum Gasteiger partial charge on any atom is -0.493 e. The molecular weight excluding hydrogens is 493 g/mol. The summed E-state index contributed by atoms with van der Waals surface area (Å²) in [6, 6.07) is 10.2. The largest absolute Gasteiger partial charge is 0.493 e. The maximum absolute atomic E-state index is 14.7. The average Bonchev–Trinajstić information content (AvgIpc) is 3.29. The number of hydrogen-bond acceptors (Lipinski definition) is 8. The number of anilines is 1. The number of thiophene rings is 1. The van der Waals surface area contributed by atoms with E-state index in [0.717, 1.165) is 11.6 Å². The number of nitrogens with zero attached hydrogens (tertiary/aromatic N) is 1. The van der Waals surface area contributed by atoms with E-state index in [1.165, 1.54) is 37.7 Å². The number of nitrogens with one attached hydrogen (secondary N) is 2. The van der Waals surface area contributed by atoms with Crippen molar-refractivity contribution >= 4 is 51.0 Å². The van der Waals surface area contributed by atoms with Gasteiger partial charge in [0, 0.05) is 35.7 Å². The first-order valence-corrected chi connectivity index (χ1v) is 11.9. The van der Waals surface area contributed by atoms with Gasteiger partial charge in [0.1, 0.15) is 17.3 Å². The van der Waals surface area contributed by atoms with Gasteiger partial charge >= 0.3 is 6.03 Å². The van der Waals surface area contributed by atoms with Crippen molar-refractivity contribution in [2.45, 2.75) is 6.92 Å². The van der Waals surface area contributed by atoms with E-state index in [2.05, 4.69) is 15.0 Å². The van der Waals surface area contributed by atoms with Crippen molar-refractivity contribution < 1.29 is 28.2 Å². The van der Waals surface area contributed by atoms with E-state index in [4.69, 9.17) is 14.2 Å². The van der Waals surface area contributed by atoms with Crippen LogP contribution in [-0.4, -0.2) is 30.3 Å². The molecule has 35 heavy (non-hydrogen) atoms.